The lowest BCUT2D eigenvalue weighted by atomic mass is 9.80. The third-order valence-corrected chi connectivity index (χ3v) is 3.80. The van der Waals surface area contributed by atoms with Crippen LogP contribution in [0.15, 0.2) is 0 Å². The maximum Gasteiger partial charge on any atom is 0.0828 e. The van der Waals surface area contributed by atoms with E-state index in [4.69, 9.17) is 4.74 Å². The molecule has 1 saturated carbocycles. The minimum Gasteiger partial charge on any atom is -0.390 e. The largest absolute Gasteiger partial charge is 0.390 e. The van der Waals surface area contributed by atoms with E-state index in [1.165, 1.54) is 12.8 Å². The van der Waals surface area contributed by atoms with Gasteiger partial charge in [-0.3, -0.25) is 0 Å². The molecule has 0 amide bonds. The van der Waals surface area contributed by atoms with Crippen LogP contribution < -0.4 is 0 Å². The van der Waals surface area contributed by atoms with Gasteiger partial charge in [-0.15, -0.1) is 0 Å². The maximum absolute atomic E-state index is 9.75. The Morgan fingerprint density at radius 2 is 1.83 bits per heavy atom. The smallest absolute Gasteiger partial charge is 0.0828 e. The summed E-state index contributed by atoms with van der Waals surface area (Å²) in [5, 5.41) is 9.75. The van der Waals surface area contributed by atoms with Crippen LogP contribution in [0.3, 0.4) is 0 Å². The van der Waals surface area contributed by atoms with Gasteiger partial charge in [0.1, 0.15) is 0 Å². The minimum atomic E-state index is -0.272. The predicted octanol–water partition coefficient (Wildman–Crippen LogP) is 1.57. The lowest BCUT2D eigenvalue weighted by Crippen LogP contribution is -2.49. The van der Waals surface area contributed by atoms with Crippen molar-refractivity contribution < 1.29 is 9.84 Å². The lowest BCUT2D eigenvalue weighted by Gasteiger charge is -2.42. The molecule has 2 aliphatic rings. The number of hydrogen-bond acceptors (Lipinski definition) is 2. The number of ether oxygens (including phenoxy) is 1. The molecule has 2 fully saturated rings. The van der Waals surface area contributed by atoms with Crippen LogP contribution in [0.2, 0.25) is 0 Å². The second kappa shape index (κ2) is 2.46. The standard InChI is InChI=1S/C10H18O2/c1-6-7(2)10(4-5-10)12-8(3)9(6)11/h6-9,11H,4-5H2,1-3H3/t6?,7-,8+,9?/m0/s1. The monoisotopic (exact) mass is 170 g/mol. The van der Waals surface area contributed by atoms with Crippen molar-refractivity contribution in [2.24, 2.45) is 11.8 Å². The summed E-state index contributed by atoms with van der Waals surface area (Å²) in [5.41, 5.74) is 0.151. The average molecular weight is 170 g/mol. The molecule has 2 unspecified atom stereocenters. The van der Waals surface area contributed by atoms with Crippen LogP contribution in [0.4, 0.5) is 0 Å². The van der Waals surface area contributed by atoms with Gasteiger partial charge in [-0.2, -0.15) is 0 Å². The first-order chi connectivity index (χ1) is 5.57. The molecule has 2 heteroatoms. The molecule has 0 aromatic heterocycles. The highest BCUT2D eigenvalue weighted by Gasteiger charge is 2.56. The van der Waals surface area contributed by atoms with Gasteiger partial charge in [0, 0.05) is 0 Å². The van der Waals surface area contributed by atoms with Crippen molar-refractivity contribution >= 4 is 0 Å². The van der Waals surface area contributed by atoms with Gasteiger partial charge < -0.3 is 9.84 Å². The highest BCUT2D eigenvalue weighted by molar-refractivity contribution is 5.06. The van der Waals surface area contributed by atoms with Gasteiger partial charge in [0.05, 0.1) is 17.8 Å². The Kier molecular flexibility index (Phi) is 1.74. The Balaban J connectivity index is 2.15. The van der Waals surface area contributed by atoms with Gasteiger partial charge in [0.2, 0.25) is 0 Å². The Hall–Kier alpha value is -0.0800. The Labute approximate surface area is 73.9 Å². The maximum atomic E-state index is 9.75. The molecule has 12 heavy (non-hydrogen) atoms. The Morgan fingerprint density at radius 3 is 2.33 bits per heavy atom. The molecule has 70 valence electrons. The minimum absolute atomic E-state index is 0.0266. The first kappa shape index (κ1) is 8.52. The Bertz CT molecular complexity index is 186. The number of aliphatic hydroxyl groups excluding tert-OH is 1. The molecule has 1 aliphatic heterocycles. The SMILES string of the molecule is CC1C(O)[C@@H](C)OC2(CC2)[C@H]1C. The van der Waals surface area contributed by atoms with E-state index in [2.05, 4.69) is 13.8 Å². The highest BCUT2D eigenvalue weighted by Crippen LogP contribution is 2.53. The van der Waals surface area contributed by atoms with E-state index in [0.29, 0.717) is 11.8 Å². The summed E-state index contributed by atoms with van der Waals surface area (Å²) < 4.78 is 5.83. The second-order valence-corrected chi connectivity index (χ2v) is 4.53. The molecule has 0 bridgehead atoms. The summed E-state index contributed by atoms with van der Waals surface area (Å²) in [6.45, 7) is 6.31. The summed E-state index contributed by atoms with van der Waals surface area (Å²) in [6, 6.07) is 0. The van der Waals surface area contributed by atoms with Gasteiger partial charge in [-0.1, -0.05) is 13.8 Å². The van der Waals surface area contributed by atoms with Crippen LogP contribution in [0.5, 0.6) is 0 Å². The molecule has 0 aromatic rings. The van der Waals surface area contributed by atoms with Crippen LogP contribution in [0, 0.1) is 11.8 Å². The van der Waals surface area contributed by atoms with Gasteiger partial charge in [-0.25, -0.2) is 0 Å². The molecule has 0 radical (unpaired) electrons. The van der Waals surface area contributed by atoms with Crippen molar-refractivity contribution in [2.75, 3.05) is 0 Å². The number of rotatable bonds is 0. The summed E-state index contributed by atoms with van der Waals surface area (Å²) in [6.07, 6.45) is 2.13. The first-order valence-corrected chi connectivity index (χ1v) is 4.93. The van der Waals surface area contributed by atoms with E-state index in [1.807, 2.05) is 6.92 Å². The van der Waals surface area contributed by atoms with Crippen LogP contribution in [0.1, 0.15) is 33.6 Å². The first-order valence-electron chi connectivity index (χ1n) is 4.93. The summed E-state index contributed by atoms with van der Waals surface area (Å²) in [7, 11) is 0. The van der Waals surface area contributed by atoms with E-state index in [0.717, 1.165) is 0 Å². The fraction of sp³-hybridized carbons (Fsp3) is 1.00. The van der Waals surface area contributed by atoms with E-state index < -0.39 is 0 Å². The lowest BCUT2D eigenvalue weighted by molar-refractivity contribution is -0.174. The fourth-order valence-electron chi connectivity index (χ4n) is 2.45. The third-order valence-electron chi connectivity index (χ3n) is 3.80. The molecule has 1 N–H and O–H groups in total. The van der Waals surface area contributed by atoms with Crippen LogP contribution >= 0.6 is 0 Å². The van der Waals surface area contributed by atoms with Gasteiger partial charge >= 0.3 is 0 Å². The topological polar surface area (TPSA) is 29.5 Å². The van der Waals surface area contributed by atoms with E-state index in [-0.39, 0.29) is 17.8 Å². The van der Waals surface area contributed by atoms with Gasteiger partial charge in [-0.05, 0) is 31.6 Å². The second-order valence-electron chi connectivity index (χ2n) is 4.53. The molecule has 1 saturated heterocycles. The zero-order chi connectivity index (χ0) is 8.93. The van der Waals surface area contributed by atoms with Crippen LogP contribution in [-0.4, -0.2) is 22.9 Å². The molecule has 1 aliphatic carbocycles. The van der Waals surface area contributed by atoms with Crippen molar-refractivity contribution in [3.05, 3.63) is 0 Å². The summed E-state index contributed by atoms with van der Waals surface area (Å²) >= 11 is 0. The zero-order valence-corrected chi connectivity index (χ0v) is 8.08. The molecular formula is C10H18O2. The summed E-state index contributed by atoms with van der Waals surface area (Å²) in [5.74, 6) is 0.903. The van der Waals surface area contributed by atoms with Crippen molar-refractivity contribution in [3.63, 3.8) is 0 Å². The molecule has 4 atom stereocenters. The van der Waals surface area contributed by atoms with E-state index >= 15 is 0 Å². The third kappa shape index (κ3) is 1.01. The molecule has 2 rings (SSSR count). The van der Waals surface area contributed by atoms with Crippen molar-refractivity contribution in [1.82, 2.24) is 0 Å². The van der Waals surface area contributed by atoms with E-state index in [1.54, 1.807) is 0 Å². The number of hydrogen-bond donors (Lipinski definition) is 1. The quantitative estimate of drug-likeness (QED) is 0.598. The number of aliphatic hydroxyl groups is 1. The van der Waals surface area contributed by atoms with Crippen molar-refractivity contribution in [3.8, 4) is 0 Å². The van der Waals surface area contributed by atoms with Crippen LogP contribution in [0.25, 0.3) is 0 Å². The van der Waals surface area contributed by atoms with Crippen molar-refractivity contribution in [2.45, 2.75) is 51.4 Å². The Morgan fingerprint density at radius 1 is 1.25 bits per heavy atom. The molecule has 2 nitrogen and oxygen atoms in total. The molecule has 1 spiro atoms. The van der Waals surface area contributed by atoms with Crippen molar-refractivity contribution in [1.29, 1.82) is 0 Å². The predicted molar refractivity (Wildman–Crippen MR) is 46.8 cm³/mol. The molecule has 1 heterocycles. The van der Waals surface area contributed by atoms with Gasteiger partial charge in [0.15, 0.2) is 0 Å². The zero-order valence-electron chi connectivity index (χ0n) is 8.08. The van der Waals surface area contributed by atoms with E-state index in [9.17, 15) is 5.11 Å². The fourth-order valence-corrected chi connectivity index (χ4v) is 2.45. The highest BCUT2D eigenvalue weighted by atomic mass is 16.5. The summed E-state index contributed by atoms with van der Waals surface area (Å²) in [4.78, 5) is 0. The van der Waals surface area contributed by atoms with Gasteiger partial charge in [0.25, 0.3) is 0 Å². The molecule has 0 aromatic carbocycles. The molecular weight excluding hydrogens is 152 g/mol. The van der Waals surface area contributed by atoms with Crippen LogP contribution in [-0.2, 0) is 4.74 Å². The average Bonchev–Trinajstić information content (AvgIpc) is 2.79. The normalized spacial score (nSPS) is 51.0.